The highest BCUT2D eigenvalue weighted by atomic mass is 19.1. The minimum absolute atomic E-state index is 0.0492. The molecule has 6 heteroatoms. The van der Waals surface area contributed by atoms with Crippen molar-refractivity contribution in [2.45, 2.75) is 25.7 Å². The fourth-order valence-corrected chi connectivity index (χ4v) is 1.70. The average Bonchev–Trinajstić information content (AvgIpc) is 2.66. The molecule has 18 heavy (non-hydrogen) atoms. The summed E-state index contributed by atoms with van der Waals surface area (Å²) in [6.07, 6.45) is -0.197. The number of carbonyl (C=O) groups is 1. The Balaban J connectivity index is 1.86. The maximum atomic E-state index is 12.8. The van der Waals surface area contributed by atoms with Gasteiger partial charge in [0.2, 0.25) is 5.95 Å². The summed E-state index contributed by atoms with van der Waals surface area (Å²) < 4.78 is 23.7. The fraction of sp³-hybridized carbons (Fsp3) is 0.500. The first-order chi connectivity index (χ1) is 8.46. The number of halogens is 1. The van der Waals surface area contributed by atoms with Crippen molar-refractivity contribution in [3.05, 3.63) is 29.8 Å². The van der Waals surface area contributed by atoms with Crippen LogP contribution in [0, 0.1) is 5.95 Å². The van der Waals surface area contributed by atoms with Gasteiger partial charge in [-0.25, -0.2) is 4.98 Å². The summed E-state index contributed by atoms with van der Waals surface area (Å²) in [5, 5.41) is 2.63. The Morgan fingerprint density at radius 3 is 3.00 bits per heavy atom. The predicted molar refractivity (Wildman–Crippen MR) is 61.4 cm³/mol. The monoisotopic (exact) mass is 254 g/mol. The molecule has 0 spiro atoms. The molecular weight excluding hydrogens is 239 g/mol. The van der Waals surface area contributed by atoms with E-state index in [-0.39, 0.29) is 11.8 Å². The molecule has 2 rings (SSSR count). The molecular formula is C12H15FN2O3. The van der Waals surface area contributed by atoms with Crippen LogP contribution in [0.3, 0.4) is 0 Å². The molecule has 1 N–H and O–H groups in total. The summed E-state index contributed by atoms with van der Waals surface area (Å²) in [6.45, 7) is 4.34. The molecule has 1 aliphatic rings. The van der Waals surface area contributed by atoms with Crippen LogP contribution < -0.4 is 5.32 Å². The molecule has 2 heterocycles. The third-order valence-corrected chi connectivity index (χ3v) is 2.51. The second-order valence-corrected chi connectivity index (χ2v) is 4.51. The molecule has 0 aromatic carbocycles. The summed E-state index contributed by atoms with van der Waals surface area (Å²) in [7, 11) is 0. The summed E-state index contributed by atoms with van der Waals surface area (Å²) in [4.78, 5) is 15.2. The molecule has 1 aromatic rings. The van der Waals surface area contributed by atoms with E-state index >= 15 is 0 Å². The maximum Gasteiger partial charge on any atom is 0.270 e. The Labute approximate surface area is 104 Å². The summed E-state index contributed by atoms with van der Waals surface area (Å²) in [5.41, 5.74) is 0.0492. The van der Waals surface area contributed by atoms with E-state index in [1.807, 2.05) is 13.8 Å². The van der Waals surface area contributed by atoms with Crippen molar-refractivity contribution in [2.75, 3.05) is 13.2 Å². The van der Waals surface area contributed by atoms with Crippen molar-refractivity contribution in [2.24, 2.45) is 0 Å². The number of nitrogens with one attached hydrogen (secondary N) is 1. The second-order valence-electron chi connectivity index (χ2n) is 4.51. The lowest BCUT2D eigenvalue weighted by Gasteiger charge is -2.17. The van der Waals surface area contributed by atoms with E-state index in [1.165, 1.54) is 18.2 Å². The van der Waals surface area contributed by atoms with Gasteiger partial charge in [-0.05, 0) is 26.0 Å². The highest BCUT2D eigenvalue weighted by Crippen LogP contribution is 2.21. The lowest BCUT2D eigenvalue weighted by Crippen LogP contribution is -2.34. The number of amides is 1. The largest absolute Gasteiger partial charge is 0.348 e. The standard InChI is InChI=1S/C12H15FN2O3/c1-12(2)17-7-8(18-12)6-14-11(16)9-4-3-5-10(13)15-9/h3-5,8H,6-7H2,1-2H3,(H,14,16). The van der Waals surface area contributed by atoms with Crippen LogP contribution in [0.5, 0.6) is 0 Å². The molecule has 1 amide bonds. The Hall–Kier alpha value is -1.53. The molecule has 0 radical (unpaired) electrons. The molecule has 1 aromatic heterocycles. The van der Waals surface area contributed by atoms with Crippen LogP contribution in [0.4, 0.5) is 4.39 Å². The number of aromatic nitrogens is 1. The predicted octanol–water partition coefficient (Wildman–Crippen LogP) is 1.10. The zero-order chi connectivity index (χ0) is 13.2. The normalized spacial score (nSPS) is 21.8. The van der Waals surface area contributed by atoms with E-state index in [9.17, 15) is 9.18 Å². The van der Waals surface area contributed by atoms with Gasteiger partial charge < -0.3 is 14.8 Å². The quantitative estimate of drug-likeness (QED) is 0.821. The molecule has 1 aliphatic heterocycles. The van der Waals surface area contributed by atoms with Gasteiger partial charge in [-0.2, -0.15) is 4.39 Å². The third kappa shape index (κ3) is 3.24. The van der Waals surface area contributed by atoms with Gasteiger partial charge in [0.1, 0.15) is 11.8 Å². The van der Waals surface area contributed by atoms with Crippen molar-refractivity contribution in [1.29, 1.82) is 0 Å². The highest BCUT2D eigenvalue weighted by molar-refractivity contribution is 5.92. The summed E-state index contributed by atoms with van der Waals surface area (Å²) >= 11 is 0. The first kappa shape index (κ1) is 12.9. The van der Waals surface area contributed by atoms with Crippen molar-refractivity contribution in [3.63, 3.8) is 0 Å². The lowest BCUT2D eigenvalue weighted by atomic mass is 10.3. The Morgan fingerprint density at radius 1 is 1.61 bits per heavy atom. The van der Waals surface area contributed by atoms with Crippen molar-refractivity contribution in [3.8, 4) is 0 Å². The fourth-order valence-electron chi connectivity index (χ4n) is 1.70. The van der Waals surface area contributed by atoms with Gasteiger partial charge in [0.15, 0.2) is 5.79 Å². The Kier molecular flexibility index (Phi) is 3.58. The number of pyridine rings is 1. The minimum Gasteiger partial charge on any atom is -0.348 e. The van der Waals surface area contributed by atoms with E-state index < -0.39 is 17.6 Å². The molecule has 1 atom stereocenters. The topological polar surface area (TPSA) is 60.5 Å². The smallest absolute Gasteiger partial charge is 0.270 e. The zero-order valence-corrected chi connectivity index (χ0v) is 10.3. The van der Waals surface area contributed by atoms with Crippen molar-refractivity contribution in [1.82, 2.24) is 10.3 Å². The number of hydrogen-bond donors (Lipinski definition) is 1. The highest BCUT2D eigenvalue weighted by Gasteiger charge is 2.32. The average molecular weight is 254 g/mol. The SMILES string of the molecule is CC1(C)OCC(CNC(=O)c2cccc(F)n2)O1. The molecule has 1 unspecified atom stereocenters. The lowest BCUT2D eigenvalue weighted by molar-refractivity contribution is -0.137. The second kappa shape index (κ2) is 4.99. The zero-order valence-electron chi connectivity index (χ0n) is 10.3. The van der Waals surface area contributed by atoms with E-state index in [0.717, 1.165) is 0 Å². The number of nitrogens with zero attached hydrogens (tertiary/aromatic N) is 1. The van der Waals surface area contributed by atoms with Crippen LogP contribution in [-0.4, -0.2) is 35.9 Å². The Morgan fingerprint density at radius 2 is 2.39 bits per heavy atom. The molecule has 0 aliphatic carbocycles. The van der Waals surface area contributed by atoms with Gasteiger partial charge in [0, 0.05) is 6.54 Å². The Bertz CT molecular complexity index is 451. The molecule has 1 saturated heterocycles. The number of rotatable bonds is 3. The number of carbonyl (C=O) groups excluding carboxylic acids is 1. The van der Waals surface area contributed by atoms with Crippen LogP contribution in [0.25, 0.3) is 0 Å². The van der Waals surface area contributed by atoms with Crippen LogP contribution in [-0.2, 0) is 9.47 Å². The van der Waals surface area contributed by atoms with Gasteiger partial charge in [0.05, 0.1) is 6.61 Å². The molecule has 0 saturated carbocycles. The van der Waals surface area contributed by atoms with Gasteiger partial charge in [-0.1, -0.05) is 6.07 Å². The third-order valence-electron chi connectivity index (χ3n) is 2.51. The van der Waals surface area contributed by atoms with Crippen molar-refractivity contribution < 1.29 is 18.7 Å². The van der Waals surface area contributed by atoms with Crippen LogP contribution in [0.1, 0.15) is 24.3 Å². The van der Waals surface area contributed by atoms with Gasteiger partial charge in [0.25, 0.3) is 5.91 Å². The number of ether oxygens (including phenoxy) is 2. The van der Waals surface area contributed by atoms with E-state index in [0.29, 0.717) is 13.2 Å². The molecule has 0 bridgehead atoms. The first-order valence-electron chi connectivity index (χ1n) is 5.69. The van der Waals surface area contributed by atoms with Crippen molar-refractivity contribution >= 4 is 5.91 Å². The van der Waals surface area contributed by atoms with E-state index in [1.54, 1.807) is 0 Å². The maximum absolute atomic E-state index is 12.8. The number of hydrogen-bond acceptors (Lipinski definition) is 4. The molecule has 1 fully saturated rings. The van der Waals surface area contributed by atoms with Gasteiger partial charge >= 0.3 is 0 Å². The summed E-state index contributed by atoms with van der Waals surface area (Å²) in [5.74, 6) is -1.72. The summed E-state index contributed by atoms with van der Waals surface area (Å²) in [6, 6.07) is 4.08. The van der Waals surface area contributed by atoms with Crippen LogP contribution in [0.15, 0.2) is 18.2 Å². The van der Waals surface area contributed by atoms with Crippen LogP contribution in [0.2, 0.25) is 0 Å². The van der Waals surface area contributed by atoms with Crippen LogP contribution >= 0.6 is 0 Å². The van der Waals surface area contributed by atoms with Gasteiger partial charge in [-0.3, -0.25) is 4.79 Å². The first-order valence-corrected chi connectivity index (χ1v) is 5.69. The van der Waals surface area contributed by atoms with E-state index in [2.05, 4.69) is 10.3 Å². The molecule has 98 valence electrons. The molecule has 5 nitrogen and oxygen atoms in total. The van der Waals surface area contributed by atoms with E-state index in [4.69, 9.17) is 9.47 Å². The van der Waals surface area contributed by atoms with Gasteiger partial charge in [-0.15, -0.1) is 0 Å². The minimum atomic E-state index is -0.677.